The van der Waals surface area contributed by atoms with Gasteiger partial charge in [-0.15, -0.1) is 0 Å². The summed E-state index contributed by atoms with van der Waals surface area (Å²) < 4.78 is 5.95. The van der Waals surface area contributed by atoms with Gasteiger partial charge in [-0.3, -0.25) is 0 Å². The molecule has 2 N–H and O–H groups in total. The maximum atomic E-state index is 5.95. The van der Waals surface area contributed by atoms with E-state index >= 15 is 0 Å². The van der Waals surface area contributed by atoms with Crippen LogP contribution in [0, 0.1) is 0 Å². The van der Waals surface area contributed by atoms with E-state index in [0.717, 1.165) is 63.0 Å². The molecular formula is C25H38N6O. The third kappa shape index (κ3) is 7.80. The minimum absolute atomic E-state index is 0.111. The quantitative estimate of drug-likeness (QED) is 0.338. The number of aromatic nitrogens is 1. The average molecular weight is 439 g/mol. The predicted molar refractivity (Wildman–Crippen MR) is 132 cm³/mol. The second-order valence-corrected chi connectivity index (χ2v) is 8.21. The van der Waals surface area contributed by atoms with E-state index < -0.39 is 0 Å². The van der Waals surface area contributed by atoms with E-state index in [4.69, 9.17) is 9.73 Å². The van der Waals surface area contributed by atoms with Gasteiger partial charge < -0.3 is 25.2 Å². The summed E-state index contributed by atoms with van der Waals surface area (Å²) in [5, 5.41) is 6.71. The lowest BCUT2D eigenvalue weighted by Gasteiger charge is -2.33. The van der Waals surface area contributed by atoms with Crippen LogP contribution in [-0.4, -0.2) is 68.8 Å². The van der Waals surface area contributed by atoms with Crippen LogP contribution >= 0.6 is 0 Å². The molecule has 0 aliphatic carbocycles. The fourth-order valence-electron chi connectivity index (χ4n) is 3.60. The first kappa shape index (κ1) is 24.0. The molecule has 1 aliphatic heterocycles. The molecule has 1 aliphatic rings. The first-order valence-corrected chi connectivity index (χ1v) is 11.7. The van der Waals surface area contributed by atoms with Crippen LogP contribution in [0.15, 0.2) is 53.7 Å². The predicted octanol–water partition coefficient (Wildman–Crippen LogP) is 3.06. The van der Waals surface area contributed by atoms with Gasteiger partial charge in [-0.05, 0) is 44.5 Å². The zero-order valence-corrected chi connectivity index (χ0v) is 19.8. The summed E-state index contributed by atoms with van der Waals surface area (Å²) >= 11 is 0. The number of nitrogens with zero attached hydrogens (tertiary/aromatic N) is 4. The summed E-state index contributed by atoms with van der Waals surface area (Å²) in [6.07, 6.45) is 2.97. The van der Waals surface area contributed by atoms with Crippen LogP contribution in [0.3, 0.4) is 0 Å². The van der Waals surface area contributed by atoms with Gasteiger partial charge in [0.15, 0.2) is 5.96 Å². The van der Waals surface area contributed by atoms with Crippen LogP contribution in [0.5, 0.6) is 0 Å². The third-order valence-corrected chi connectivity index (χ3v) is 5.65. The van der Waals surface area contributed by atoms with Crippen molar-refractivity contribution in [2.24, 2.45) is 4.99 Å². The number of guanidine groups is 1. The van der Waals surface area contributed by atoms with Gasteiger partial charge in [0.25, 0.3) is 0 Å². The van der Waals surface area contributed by atoms with Crippen molar-refractivity contribution in [3.63, 3.8) is 0 Å². The van der Waals surface area contributed by atoms with Gasteiger partial charge in [-0.2, -0.15) is 0 Å². The highest BCUT2D eigenvalue weighted by Gasteiger charge is 2.14. The highest BCUT2D eigenvalue weighted by Crippen LogP contribution is 2.16. The average Bonchev–Trinajstić information content (AvgIpc) is 2.83. The van der Waals surface area contributed by atoms with Gasteiger partial charge in [-0.1, -0.05) is 36.4 Å². The van der Waals surface area contributed by atoms with Crippen molar-refractivity contribution in [1.29, 1.82) is 0 Å². The van der Waals surface area contributed by atoms with Crippen LogP contribution in [0.2, 0.25) is 0 Å². The van der Waals surface area contributed by atoms with E-state index in [1.54, 1.807) is 0 Å². The van der Waals surface area contributed by atoms with Gasteiger partial charge in [0.1, 0.15) is 5.82 Å². The summed E-state index contributed by atoms with van der Waals surface area (Å²) in [7, 11) is 2.17. The fourth-order valence-corrected chi connectivity index (χ4v) is 3.60. The maximum absolute atomic E-state index is 5.95. The number of benzene rings is 1. The molecule has 2 aromatic rings. The molecule has 0 spiro atoms. The lowest BCUT2D eigenvalue weighted by Crippen LogP contribution is -2.44. The van der Waals surface area contributed by atoms with E-state index in [2.05, 4.69) is 70.6 Å². The molecular weight excluding hydrogens is 400 g/mol. The van der Waals surface area contributed by atoms with Crippen LogP contribution < -0.4 is 15.5 Å². The molecule has 2 heterocycles. The number of rotatable bonds is 10. The van der Waals surface area contributed by atoms with Gasteiger partial charge >= 0.3 is 0 Å². The number of aliphatic imine (C=N–C) groups is 1. The number of anilines is 1. The maximum Gasteiger partial charge on any atom is 0.191 e. The van der Waals surface area contributed by atoms with Crippen molar-refractivity contribution in [2.45, 2.75) is 32.9 Å². The lowest BCUT2D eigenvalue weighted by atomic mass is 10.1. The molecule has 1 atom stereocenters. The van der Waals surface area contributed by atoms with Crippen LogP contribution in [0.25, 0.3) is 0 Å². The normalized spacial score (nSPS) is 16.1. The molecule has 7 nitrogen and oxygen atoms in total. The Morgan fingerprint density at radius 3 is 2.56 bits per heavy atom. The van der Waals surface area contributed by atoms with Gasteiger partial charge in [0.2, 0.25) is 0 Å². The van der Waals surface area contributed by atoms with Crippen molar-refractivity contribution < 1.29 is 4.74 Å². The smallest absolute Gasteiger partial charge is 0.191 e. The summed E-state index contributed by atoms with van der Waals surface area (Å²) in [5.41, 5.74) is 2.32. The molecule has 1 aromatic carbocycles. The van der Waals surface area contributed by atoms with Crippen molar-refractivity contribution >= 4 is 11.8 Å². The molecule has 32 heavy (non-hydrogen) atoms. The number of ether oxygens (including phenoxy) is 1. The summed E-state index contributed by atoms with van der Waals surface area (Å²) in [5.74, 6) is 1.88. The zero-order valence-electron chi connectivity index (χ0n) is 19.8. The number of hydrogen-bond acceptors (Lipinski definition) is 5. The molecule has 1 fully saturated rings. The van der Waals surface area contributed by atoms with Crippen molar-refractivity contribution in [2.75, 3.05) is 57.8 Å². The Hall–Kier alpha value is -2.64. The van der Waals surface area contributed by atoms with E-state index in [0.29, 0.717) is 13.2 Å². The Balaban J connectivity index is 1.40. The number of hydrogen-bond donors (Lipinski definition) is 2. The van der Waals surface area contributed by atoms with E-state index in [1.807, 2.05) is 24.4 Å². The zero-order chi connectivity index (χ0) is 22.6. The monoisotopic (exact) mass is 438 g/mol. The Kier molecular flexibility index (Phi) is 9.78. The highest BCUT2D eigenvalue weighted by atomic mass is 16.5. The van der Waals surface area contributed by atoms with Gasteiger partial charge in [0, 0.05) is 52.1 Å². The highest BCUT2D eigenvalue weighted by molar-refractivity contribution is 5.79. The van der Waals surface area contributed by atoms with Crippen LogP contribution in [0.4, 0.5) is 5.82 Å². The van der Waals surface area contributed by atoms with E-state index in [9.17, 15) is 0 Å². The fraction of sp³-hybridized carbons (Fsp3) is 0.520. The number of nitrogens with one attached hydrogen (secondary N) is 2. The Bertz CT molecular complexity index is 803. The molecule has 3 rings (SSSR count). The largest absolute Gasteiger partial charge is 0.374 e. The first-order chi connectivity index (χ1) is 15.7. The van der Waals surface area contributed by atoms with Crippen LogP contribution in [-0.2, 0) is 11.3 Å². The molecule has 0 radical (unpaired) electrons. The SMILES string of the molecule is CCNC(=NCc1ccc(N2CCN(C)CC2)nc1)NCCCOC(C)c1ccccc1. The Labute approximate surface area is 192 Å². The Morgan fingerprint density at radius 2 is 1.88 bits per heavy atom. The Morgan fingerprint density at radius 1 is 1.09 bits per heavy atom. The topological polar surface area (TPSA) is 65.0 Å². The first-order valence-electron chi connectivity index (χ1n) is 11.7. The molecule has 7 heteroatoms. The van der Waals surface area contributed by atoms with Crippen molar-refractivity contribution in [3.8, 4) is 0 Å². The minimum Gasteiger partial charge on any atom is -0.374 e. The number of pyridine rings is 1. The molecule has 0 amide bonds. The molecule has 0 saturated carbocycles. The molecule has 1 unspecified atom stereocenters. The number of likely N-dealkylation sites (N-methyl/N-ethyl adjacent to an activating group) is 1. The summed E-state index contributed by atoms with van der Waals surface area (Å²) in [6, 6.07) is 14.6. The minimum atomic E-state index is 0.111. The second-order valence-electron chi connectivity index (χ2n) is 8.21. The van der Waals surface area contributed by atoms with Crippen molar-refractivity contribution in [3.05, 3.63) is 59.8 Å². The van der Waals surface area contributed by atoms with E-state index in [-0.39, 0.29) is 6.10 Å². The molecule has 1 aromatic heterocycles. The van der Waals surface area contributed by atoms with Gasteiger partial charge in [-0.25, -0.2) is 9.98 Å². The van der Waals surface area contributed by atoms with Gasteiger partial charge in [0.05, 0.1) is 12.6 Å². The molecule has 174 valence electrons. The van der Waals surface area contributed by atoms with E-state index in [1.165, 1.54) is 5.56 Å². The molecule has 0 bridgehead atoms. The van der Waals surface area contributed by atoms with Crippen molar-refractivity contribution in [1.82, 2.24) is 20.5 Å². The molecule has 1 saturated heterocycles. The third-order valence-electron chi connectivity index (χ3n) is 5.65. The number of piperazine rings is 1. The second kappa shape index (κ2) is 13.0. The summed E-state index contributed by atoms with van der Waals surface area (Å²) in [6.45, 7) is 11.4. The van der Waals surface area contributed by atoms with Crippen LogP contribution in [0.1, 0.15) is 37.5 Å². The lowest BCUT2D eigenvalue weighted by molar-refractivity contribution is 0.0646. The standard InChI is InChI=1S/C25H38N6O/c1-4-26-25(27-13-8-18-32-21(2)23-9-6-5-7-10-23)29-20-22-11-12-24(28-19-22)31-16-14-30(3)15-17-31/h5-7,9-12,19,21H,4,8,13-18,20H2,1-3H3,(H2,26,27,29). The summed E-state index contributed by atoms with van der Waals surface area (Å²) in [4.78, 5) is 14.1.